The molecule has 0 saturated heterocycles. The van der Waals surface area contributed by atoms with Gasteiger partial charge in [0.2, 0.25) is 0 Å². The SMILES string of the molecule is CCCC(C(=O)Nc1c(C)cc(F)cc1C)[PH](CC)(CC)CC(=O)OCc1ccccc1. The summed E-state index contributed by atoms with van der Waals surface area (Å²) in [5.41, 5.74) is 2.81. The molecule has 0 aliphatic rings. The minimum absolute atomic E-state index is 0.0594. The summed E-state index contributed by atoms with van der Waals surface area (Å²) in [5, 5.41) is 3.07. The van der Waals surface area contributed by atoms with E-state index in [2.05, 4.69) is 26.1 Å². The van der Waals surface area contributed by atoms with Crippen LogP contribution in [-0.4, -0.2) is 36.0 Å². The molecule has 2 aromatic carbocycles. The number of halogens is 1. The first kappa shape index (κ1) is 26.0. The molecule has 0 spiro atoms. The number of hydrogen-bond acceptors (Lipinski definition) is 3. The predicted octanol–water partition coefficient (Wildman–Crippen LogP) is 6.08. The summed E-state index contributed by atoms with van der Waals surface area (Å²) in [6.45, 7) is 10.1. The van der Waals surface area contributed by atoms with E-state index in [0.29, 0.717) is 23.0 Å². The number of nitrogens with one attached hydrogen (secondary N) is 1. The van der Waals surface area contributed by atoms with Gasteiger partial charge in [0.25, 0.3) is 0 Å². The van der Waals surface area contributed by atoms with Crippen LogP contribution in [0.4, 0.5) is 10.1 Å². The van der Waals surface area contributed by atoms with Crippen molar-refractivity contribution in [2.24, 2.45) is 0 Å². The Morgan fingerprint density at radius 3 is 2.16 bits per heavy atom. The third-order valence-electron chi connectivity index (χ3n) is 6.53. The zero-order chi connectivity index (χ0) is 23.7. The van der Waals surface area contributed by atoms with Gasteiger partial charge in [-0.3, -0.25) is 0 Å². The third-order valence-corrected chi connectivity index (χ3v) is 12.4. The summed E-state index contributed by atoms with van der Waals surface area (Å²) in [4.78, 5) is 26.3. The van der Waals surface area contributed by atoms with E-state index in [0.717, 1.165) is 30.7 Å². The molecule has 1 unspecified atom stereocenters. The Morgan fingerprint density at radius 1 is 1.03 bits per heavy atom. The van der Waals surface area contributed by atoms with Gasteiger partial charge in [-0.2, -0.15) is 0 Å². The van der Waals surface area contributed by atoms with Crippen molar-refractivity contribution in [3.63, 3.8) is 0 Å². The topological polar surface area (TPSA) is 55.4 Å². The first-order valence-electron chi connectivity index (χ1n) is 11.5. The molecule has 0 bridgehead atoms. The summed E-state index contributed by atoms with van der Waals surface area (Å²) in [6, 6.07) is 12.5. The second kappa shape index (κ2) is 12.1. The Balaban J connectivity index is 2.21. The second-order valence-corrected chi connectivity index (χ2v) is 13.8. The average Bonchev–Trinajstić information content (AvgIpc) is 2.77. The van der Waals surface area contributed by atoms with Gasteiger partial charge in [0, 0.05) is 0 Å². The summed E-state index contributed by atoms with van der Waals surface area (Å²) >= 11 is 0. The van der Waals surface area contributed by atoms with Crippen LogP contribution in [0.25, 0.3) is 0 Å². The standard InChI is InChI=1S/C26H37FNO3P/c1-6-12-23(26(30)28-25-19(4)15-22(27)16-20(25)5)32(7-2,8-3)18-24(29)31-17-21-13-10-9-11-14-21/h9-11,13-16,23,32H,6-8,12,17-18H2,1-5H3,(H,28,30). The molecule has 4 nitrogen and oxygen atoms in total. The number of hydrogen-bond donors (Lipinski definition) is 1. The molecule has 0 saturated carbocycles. The Kier molecular flexibility index (Phi) is 9.84. The first-order chi connectivity index (χ1) is 15.3. The molecular weight excluding hydrogens is 424 g/mol. The fraction of sp³-hybridized carbons (Fsp3) is 0.462. The minimum atomic E-state index is -2.32. The van der Waals surface area contributed by atoms with Crippen LogP contribution in [0, 0.1) is 19.7 Å². The number of carbonyl (C=O) groups is 2. The second-order valence-electron chi connectivity index (χ2n) is 8.64. The van der Waals surface area contributed by atoms with Crippen LogP contribution in [0.5, 0.6) is 0 Å². The van der Waals surface area contributed by atoms with E-state index in [4.69, 9.17) is 4.74 Å². The van der Waals surface area contributed by atoms with Gasteiger partial charge in [-0.05, 0) is 0 Å². The monoisotopic (exact) mass is 461 g/mol. The molecule has 0 radical (unpaired) electrons. The Labute approximate surface area is 192 Å². The van der Waals surface area contributed by atoms with Crippen molar-refractivity contribution in [1.29, 1.82) is 0 Å². The van der Waals surface area contributed by atoms with Crippen LogP contribution in [0.15, 0.2) is 42.5 Å². The fourth-order valence-electron chi connectivity index (χ4n) is 4.51. The van der Waals surface area contributed by atoms with Crippen LogP contribution < -0.4 is 5.32 Å². The molecule has 1 N–H and O–H groups in total. The molecule has 1 amide bonds. The zero-order valence-corrected chi connectivity index (χ0v) is 21.0. The molecule has 176 valence electrons. The van der Waals surface area contributed by atoms with Gasteiger partial charge in [-0.25, -0.2) is 0 Å². The Morgan fingerprint density at radius 2 is 1.62 bits per heavy atom. The van der Waals surface area contributed by atoms with Crippen LogP contribution in [0.1, 0.15) is 50.3 Å². The molecule has 0 aliphatic carbocycles. The number of carbonyl (C=O) groups excluding carboxylic acids is 2. The summed E-state index contributed by atoms with van der Waals surface area (Å²) in [7, 11) is -2.32. The van der Waals surface area contributed by atoms with Crippen molar-refractivity contribution < 1.29 is 18.7 Å². The average molecular weight is 462 g/mol. The van der Waals surface area contributed by atoms with E-state index in [-0.39, 0.29) is 30.0 Å². The van der Waals surface area contributed by atoms with Gasteiger partial charge in [0.05, 0.1) is 0 Å². The van der Waals surface area contributed by atoms with Crippen LogP contribution in [0.3, 0.4) is 0 Å². The van der Waals surface area contributed by atoms with Crippen molar-refractivity contribution >= 4 is 24.8 Å². The van der Waals surface area contributed by atoms with Crippen LogP contribution >= 0.6 is 7.26 Å². The van der Waals surface area contributed by atoms with Crippen LogP contribution in [-0.2, 0) is 20.9 Å². The van der Waals surface area contributed by atoms with Crippen LogP contribution in [0.2, 0.25) is 0 Å². The Bertz CT molecular complexity index is 890. The number of rotatable bonds is 11. The fourth-order valence-corrected chi connectivity index (χ4v) is 8.95. The number of amides is 1. The van der Waals surface area contributed by atoms with E-state index in [1.165, 1.54) is 12.1 Å². The van der Waals surface area contributed by atoms with Crippen molar-refractivity contribution in [3.8, 4) is 0 Å². The molecule has 0 aromatic heterocycles. The van der Waals surface area contributed by atoms with Gasteiger partial charge in [-0.1, -0.05) is 0 Å². The van der Waals surface area contributed by atoms with Crippen molar-refractivity contribution in [3.05, 3.63) is 65.0 Å². The van der Waals surface area contributed by atoms with E-state index < -0.39 is 7.26 Å². The number of ether oxygens (including phenoxy) is 1. The number of esters is 1. The van der Waals surface area contributed by atoms with E-state index in [9.17, 15) is 14.0 Å². The summed E-state index contributed by atoms with van der Waals surface area (Å²) in [6.07, 6.45) is 3.55. The van der Waals surface area contributed by atoms with E-state index in [1.54, 1.807) is 13.8 Å². The molecule has 2 rings (SSSR count). The summed E-state index contributed by atoms with van der Waals surface area (Å²) < 4.78 is 19.3. The van der Waals surface area contributed by atoms with Crippen molar-refractivity contribution in [2.75, 3.05) is 23.8 Å². The molecule has 32 heavy (non-hydrogen) atoms. The molecule has 1 atom stereocenters. The van der Waals surface area contributed by atoms with Gasteiger partial charge in [0.1, 0.15) is 0 Å². The molecule has 0 fully saturated rings. The maximum atomic E-state index is 13.7. The van der Waals surface area contributed by atoms with Crippen molar-refractivity contribution in [1.82, 2.24) is 0 Å². The van der Waals surface area contributed by atoms with E-state index >= 15 is 0 Å². The van der Waals surface area contributed by atoms with Gasteiger partial charge >= 0.3 is 192 Å². The zero-order valence-electron chi connectivity index (χ0n) is 20.0. The maximum absolute atomic E-state index is 13.7. The Hall–Kier alpha value is -2.26. The van der Waals surface area contributed by atoms with Crippen molar-refractivity contribution in [2.45, 2.75) is 59.7 Å². The number of aryl methyl sites for hydroxylation is 2. The van der Waals surface area contributed by atoms with Gasteiger partial charge < -0.3 is 0 Å². The molecular formula is C26H37FNO3P. The molecule has 0 aliphatic heterocycles. The third kappa shape index (κ3) is 6.62. The molecule has 6 heteroatoms. The summed E-state index contributed by atoms with van der Waals surface area (Å²) in [5.74, 6) is -0.599. The van der Waals surface area contributed by atoms with Gasteiger partial charge in [0.15, 0.2) is 0 Å². The molecule has 0 heterocycles. The first-order valence-corrected chi connectivity index (χ1v) is 14.2. The number of benzene rings is 2. The van der Waals surface area contributed by atoms with Gasteiger partial charge in [-0.15, -0.1) is 0 Å². The quantitative estimate of drug-likeness (QED) is 0.326. The van der Waals surface area contributed by atoms with E-state index in [1.807, 2.05) is 30.3 Å². The number of anilines is 1. The predicted molar refractivity (Wildman–Crippen MR) is 134 cm³/mol. The normalized spacial score (nSPS) is 12.8. The molecule has 2 aromatic rings.